The zero-order valence-corrected chi connectivity index (χ0v) is 16.6. The van der Waals surface area contributed by atoms with Gasteiger partial charge in [-0.25, -0.2) is 9.37 Å². The number of hydrogen-bond acceptors (Lipinski definition) is 5. The van der Waals surface area contributed by atoms with Crippen LogP contribution in [0.25, 0.3) is 17.1 Å². The molecule has 0 aliphatic carbocycles. The molecule has 2 aromatic heterocycles. The Morgan fingerprint density at radius 1 is 1.11 bits per heavy atom. The Labute approximate surface area is 169 Å². The smallest absolute Gasteiger partial charge is 0.267 e. The van der Waals surface area contributed by atoms with Gasteiger partial charge >= 0.3 is 0 Å². The highest BCUT2D eigenvalue weighted by Crippen LogP contribution is 2.26. The molecular formula is C21H16FN3OS2. The minimum absolute atomic E-state index is 0.220. The highest BCUT2D eigenvalue weighted by Gasteiger charge is 2.09. The number of fused-ring (bicyclic) bond motifs is 1. The van der Waals surface area contributed by atoms with Crippen molar-refractivity contribution in [3.8, 4) is 0 Å². The van der Waals surface area contributed by atoms with Crippen LogP contribution in [0.5, 0.6) is 0 Å². The van der Waals surface area contributed by atoms with Crippen LogP contribution in [0.1, 0.15) is 22.4 Å². The van der Waals surface area contributed by atoms with Crippen LogP contribution in [0.15, 0.2) is 63.7 Å². The molecule has 0 bridgehead atoms. The fourth-order valence-electron chi connectivity index (χ4n) is 2.54. The van der Waals surface area contributed by atoms with Gasteiger partial charge in [0.25, 0.3) is 5.56 Å². The van der Waals surface area contributed by atoms with E-state index in [2.05, 4.69) is 41.3 Å². The van der Waals surface area contributed by atoms with Gasteiger partial charge in [-0.15, -0.1) is 5.10 Å². The first-order chi connectivity index (χ1) is 13.6. The molecular weight excluding hydrogens is 393 g/mol. The van der Waals surface area contributed by atoms with Crippen molar-refractivity contribution in [2.75, 3.05) is 0 Å². The Kier molecular flexibility index (Phi) is 5.36. The van der Waals surface area contributed by atoms with Gasteiger partial charge in [-0.1, -0.05) is 71.1 Å². The third-order valence-electron chi connectivity index (χ3n) is 4.05. The molecule has 2 heterocycles. The molecule has 7 heteroatoms. The van der Waals surface area contributed by atoms with Crippen LogP contribution >= 0.6 is 23.1 Å². The molecule has 4 aromatic rings. The summed E-state index contributed by atoms with van der Waals surface area (Å²) < 4.78 is 15.1. The Morgan fingerprint density at radius 3 is 2.61 bits per heavy atom. The van der Waals surface area contributed by atoms with E-state index in [0.29, 0.717) is 10.7 Å². The topological polar surface area (TPSA) is 47.3 Å². The van der Waals surface area contributed by atoms with Crippen LogP contribution in [-0.2, 0) is 5.75 Å². The number of aromatic nitrogens is 3. The lowest BCUT2D eigenvalue weighted by molar-refractivity contribution is 0.628. The number of aryl methyl sites for hydroxylation is 1. The van der Waals surface area contributed by atoms with Crippen molar-refractivity contribution in [3.63, 3.8) is 0 Å². The summed E-state index contributed by atoms with van der Waals surface area (Å²) in [4.78, 5) is 17.4. The molecule has 0 amide bonds. The van der Waals surface area contributed by atoms with E-state index in [-0.39, 0.29) is 11.4 Å². The summed E-state index contributed by atoms with van der Waals surface area (Å²) in [5.74, 6) is 0.502. The number of halogens is 1. The molecule has 4 nitrogen and oxygen atoms in total. The first-order valence-electron chi connectivity index (χ1n) is 8.60. The zero-order chi connectivity index (χ0) is 19.5. The maximum absolute atomic E-state index is 13.0. The highest BCUT2D eigenvalue weighted by molar-refractivity contribution is 8.00. The fraction of sp³-hybridized carbons (Fsp3) is 0.0952. The first-order valence-corrected chi connectivity index (χ1v) is 10.4. The van der Waals surface area contributed by atoms with Gasteiger partial charge in [0.15, 0.2) is 4.34 Å². The lowest BCUT2D eigenvalue weighted by Gasteiger charge is -1.98. The normalized spacial score (nSPS) is 11.5. The van der Waals surface area contributed by atoms with Gasteiger partial charge in [0, 0.05) is 11.8 Å². The molecule has 0 spiro atoms. The number of nitrogens with zero attached hydrogens (tertiary/aromatic N) is 3. The number of rotatable bonds is 5. The quantitative estimate of drug-likeness (QED) is 0.432. The van der Waals surface area contributed by atoms with Gasteiger partial charge < -0.3 is 0 Å². The molecule has 0 N–H and O–H groups in total. The molecule has 140 valence electrons. The Balaban J connectivity index is 1.54. The van der Waals surface area contributed by atoms with E-state index in [1.165, 1.54) is 45.2 Å². The van der Waals surface area contributed by atoms with Crippen LogP contribution in [-0.4, -0.2) is 14.6 Å². The van der Waals surface area contributed by atoms with E-state index in [1.807, 2.05) is 0 Å². The van der Waals surface area contributed by atoms with E-state index < -0.39 is 0 Å². The Bertz CT molecular complexity index is 1200. The highest BCUT2D eigenvalue weighted by atomic mass is 32.2. The summed E-state index contributed by atoms with van der Waals surface area (Å²) >= 11 is 2.98. The largest absolute Gasteiger partial charge is 0.275 e. The van der Waals surface area contributed by atoms with Crippen LogP contribution in [0, 0.1) is 12.7 Å². The molecule has 0 aliphatic rings. The summed E-state index contributed by atoms with van der Waals surface area (Å²) in [5.41, 5.74) is 3.60. The Hall–Kier alpha value is -2.77. The predicted octanol–water partition coefficient (Wildman–Crippen LogP) is 5.06. The SMILES string of the molecule is Cc1ccc(CSc2nn3c(=O)cc(/C=C/c4ccc(F)cc4)nc3s2)cc1. The predicted molar refractivity (Wildman–Crippen MR) is 113 cm³/mol. The van der Waals surface area contributed by atoms with Crippen LogP contribution < -0.4 is 5.56 Å². The maximum Gasteiger partial charge on any atom is 0.275 e. The lowest BCUT2D eigenvalue weighted by Crippen LogP contribution is -2.14. The molecule has 28 heavy (non-hydrogen) atoms. The molecule has 0 saturated heterocycles. The van der Waals surface area contributed by atoms with E-state index in [9.17, 15) is 9.18 Å². The second kappa shape index (κ2) is 8.08. The molecule has 2 aromatic carbocycles. The summed E-state index contributed by atoms with van der Waals surface area (Å²) in [6, 6.07) is 15.9. The summed E-state index contributed by atoms with van der Waals surface area (Å²) in [6.07, 6.45) is 3.54. The van der Waals surface area contributed by atoms with E-state index in [1.54, 1.807) is 36.0 Å². The maximum atomic E-state index is 13.0. The fourth-order valence-corrected chi connectivity index (χ4v) is 4.44. The van der Waals surface area contributed by atoms with E-state index >= 15 is 0 Å². The minimum atomic E-state index is -0.282. The summed E-state index contributed by atoms with van der Waals surface area (Å²) in [6.45, 7) is 2.06. The van der Waals surface area contributed by atoms with Gasteiger partial charge in [0.05, 0.1) is 5.69 Å². The minimum Gasteiger partial charge on any atom is -0.267 e. The molecule has 0 radical (unpaired) electrons. The third kappa shape index (κ3) is 4.37. The van der Waals surface area contributed by atoms with Crippen LogP contribution in [0.4, 0.5) is 4.39 Å². The lowest BCUT2D eigenvalue weighted by atomic mass is 10.2. The second-order valence-corrected chi connectivity index (χ2v) is 8.42. The van der Waals surface area contributed by atoms with Crippen molar-refractivity contribution in [1.82, 2.24) is 14.6 Å². The molecule has 4 rings (SSSR count). The average molecular weight is 410 g/mol. The molecule has 0 fully saturated rings. The van der Waals surface area contributed by atoms with Crippen molar-refractivity contribution >= 4 is 40.2 Å². The van der Waals surface area contributed by atoms with Crippen LogP contribution in [0.3, 0.4) is 0 Å². The van der Waals surface area contributed by atoms with Crippen molar-refractivity contribution in [1.29, 1.82) is 0 Å². The van der Waals surface area contributed by atoms with Gasteiger partial charge in [-0.2, -0.15) is 4.52 Å². The van der Waals surface area contributed by atoms with Crippen LogP contribution in [0.2, 0.25) is 0 Å². The standard InChI is InChI=1S/C21H16FN3OS2/c1-14-2-4-16(5-3-14)13-27-21-24-25-19(26)12-18(23-20(25)28-21)11-8-15-6-9-17(22)10-7-15/h2-12H,13H2,1H3/b11-8+. The zero-order valence-electron chi connectivity index (χ0n) is 15.0. The summed E-state index contributed by atoms with van der Waals surface area (Å²) in [7, 11) is 0. The molecule has 0 unspecified atom stereocenters. The van der Waals surface area contributed by atoms with Crippen molar-refractivity contribution < 1.29 is 4.39 Å². The van der Waals surface area contributed by atoms with Gasteiger partial charge in [-0.05, 0) is 36.3 Å². The van der Waals surface area contributed by atoms with Gasteiger partial charge in [0.1, 0.15) is 5.82 Å². The molecule has 0 aliphatic heterocycles. The number of hydrogen-bond donors (Lipinski definition) is 0. The van der Waals surface area contributed by atoms with E-state index in [0.717, 1.165) is 15.7 Å². The van der Waals surface area contributed by atoms with Gasteiger partial charge in [-0.3, -0.25) is 4.79 Å². The first kappa shape index (κ1) is 18.6. The molecule has 0 atom stereocenters. The second-order valence-electron chi connectivity index (χ2n) is 6.24. The number of thioether (sulfide) groups is 1. The molecule has 0 saturated carbocycles. The Morgan fingerprint density at radius 2 is 1.86 bits per heavy atom. The summed E-state index contributed by atoms with van der Waals surface area (Å²) in [5, 5.41) is 4.37. The van der Waals surface area contributed by atoms with Crippen molar-refractivity contribution in [2.45, 2.75) is 17.0 Å². The van der Waals surface area contributed by atoms with Crippen molar-refractivity contribution in [2.24, 2.45) is 0 Å². The monoisotopic (exact) mass is 409 g/mol. The van der Waals surface area contributed by atoms with Crippen molar-refractivity contribution in [3.05, 3.63) is 93.2 Å². The van der Waals surface area contributed by atoms with E-state index in [4.69, 9.17) is 0 Å². The van der Waals surface area contributed by atoms with Gasteiger partial charge in [0.2, 0.25) is 4.96 Å². The number of benzene rings is 2. The average Bonchev–Trinajstić information content (AvgIpc) is 3.11. The third-order valence-corrected chi connectivity index (χ3v) is 6.16.